The molecule has 0 unspecified atom stereocenters. The van der Waals surface area contributed by atoms with Crippen molar-refractivity contribution >= 4 is 22.8 Å². The number of aromatic nitrogens is 1. The first-order chi connectivity index (χ1) is 14.5. The molecule has 0 spiro atoms. The van der Waals surface area contributed by atoms with Gasteiger partial charge < -0.3 is 14.0 Å². The van der Waals surface area contributed by atoms with Crippen LogP contribution in [0.15, 0.2) is 59.4 Å². The Morgan fingerprint density at radius 1 is 0.900 bits per heavy atom. The number of nitrogens with zero attached hydrogens (tertiary/aromatic N) is 1. The van der Waals surface area contributed by atoms with Crippen LogP contribution in [0.3, 0.4) is 0 Å². The van der Waals surface area contributed by atoms with Crippen LogP contribution in [0.25, 0.3) is 17.0 Å². The molecular weight excluding hydrogens is 378 g/mol. The average Bonchev–Trinajstić information content (AvgIpc) is 3.24. The molecule has 5 nitrogen and oxygen atoms in total. The fraction of sp³-hybridized carbons (Fsp3) is 0.280. The van der Waals surface area contributed by atoms with Gasteiger partial charge in [-0.05, 0) is 54.1 Å². The van der Waals surface area contributed by atoms with E-state index in [-0.39, 0.29) is 17.6 Å². The Labute approximate surface area is 175 Å². The third-order valence-electron chi connectivity index (χ3n) is 5.28. The van der Waals surface area contributed by atoms with Gasteiger partial charge in [0.15, 0.2) is 12.1 Å². The average molecular weight is 403 g/mol. The van der Waals surface area contributed by atoms with Crippen LogP contribution >= 0.6 is 0 Å². The molecule has 154 valence electrons. The Balaban J connectivity index is 0.000000158. The summed E-state index contributed by atoms with van der Waals surface area (Å²) >= 11 is 0. The van der Waals surface area contributed by atoms with E-state index in [9.17, 15) is 9.59 Å². The van der Waals surface area contributed by atoms with Crippen LogP contribution in [0.2, 0.25) is 0 Å². The summed E-state index contributed by atoms with van der Waals surface area (Å²) in [5.41, 5.74) is 5.60. The highest BCUT2D eigenvalue weighted by atomic mass is 16.7. The summed E-state index contributed by atoms with van der Waals surface area (Å²) in [6.45, 7) is 5.71. The topological polar surface area (TPSA) is 57.5 Å². The molecule has 1 aromatic heterocycles. The van der Waals surface area contributed by atoms with Gasteiger partial charge in [0.25, 0.3) is 5.56 Å². The van der Waals surface area contributed by atoms with Crippen LogP contribution < -0.4 is 5.56 Å². The summed E-state index contributed by atoms with van der Waals surface area (Å²) in [6.07, 6.45) is 3.79. The largest absolute Gasteiger partial charge is 0.348 e. The minimum absolute atomic E-state index is 0.0211. The van der Waals surface area contributed by atoms with E-state index in [0.29, 0.717) is 26.2 Å². The van der Waals surface area contributed by atoms with Crippen LogP contribution in [-0.2, 0) is 27.2 Å². The normalized spacial score (nSPS) is 15.7. The minimum atomic E-state index is -0.311. The highest BCUT2D eigenvalue weighted by molar-refractivity contribution is 5.98. The fourth-order valence-corrected chi connectivity index (χ4v) is 3.73. The van der Waals surface area contributed by atoms with Gasteiger partial charge in [0.05, 0.1) is 25.3 Å². The third-order valence-corrected chi connectivity index (χ3v) is 5.28. The van der Waals surface area contributed by atoms with Gasteiger partial charge in [-0.15, -0.1) is 0 Å². The van der Waals surface area contributed by atoms with E-state index in [1.54, 1.807) is 16.7 Å². The first-order valence-corrected chi connectivity index (χ1v) is 10.1. The van der Waals surface area contributed by atoms with Crippen LogP contribution in [0, 0.1) is 13.8 Å². The van der Waals surface area contributed by atoms with E-state index in [2.05, 4.69) is 18.2 Å². The van der Waals surface area contributed by atoms with Gasteiger partial charge in [-0.1, -0.05) is 42.0 Å². The molecule has 3 aromatic rings. The number of benzene rings is 2. The zero-order valence-corrected chi connectivity index (χ0v) is 17.3. The lowest BCUT2D eigenvalue weighted by Gasteiger charge is -2.14. The maximum Gasteiger partial charge on any atom is 0.251 e. The zero-order valence-electron chi connectivity index (χ0n) is 17.3. The van der Waals surface area contributed by atoms with Crippen molar-refractivity contribution < 1.29 is 14.3 Å². The highest BCUT2D eigenvalue weighted by Crippen LogP contribution is 2.18. The minimum Gasteiger partial charge on any atom is -0.348 e. The second kappa shape index (κ2) is 8.78. The molecule has 0 N–H and O–H groups in total. The quantitative estimate of drug-likeness (QED) is 0.653. The van der Waals surface area contributed by atoms with Gasteiger partial charge in [-0.25, -0.2) is 0 Å². The second-order valence-corrected chi connectivity index (χ2v) is 7.69. The Hall–Kier alpha value is -3.02. The molecule has 1 fully saturated rings. The smallest absolute Gasteiger partial charge is 0.251 e. The van der Waals surface area contributed by atoms with E-state index in [0.717, 1.165) is 22.0 Å². The number of hydrogen-bond acceptors (Lipinski definition) is 4. The molecule has 2 aliphatic rings. The summed E-state index contributed by atoms with van der Waals surface area (Å²) in [5, 5.41) is 1.05. The summed E-state index contributed by atoms with van der Waals surface area (Å²) in [4.78, 5) is 23.0. The van der Waals surface area contributed by atoms with E-state index in [1.807, 2.05) is 44.2 Å². The Morgan fingerprint density at radius 3 is 2.40 bits per heavy atom. The molecule has 30 heavy (non-hydrogen) atoms. The van der Waals surface area contributed by atoms with Crippen molar-refractivity contribution in [3.63, 3.8) is 0 Å². The number of pyridine rings is 1. The number of carbonyl (C=O) groups is 1. The monoisotopic (exact) mass is 403 g/mol. The summed E-state index contributed by atoms with van der Waals surface area (Å²) in [6, 6.07) is 15.7. The van der Waals surface area contributed by atoms with Gasteiger partial charge in [0.1, 0.15) is 0 Å². The molecule has 0 amide bonds. The molecule has 1 aliphatic heterocycles. The van der Waals surface area contributed by atoms with Crippen LogP contribution in [0.1, 0.15) is 22.3 Å². The van der Waals surface area contributed by atoms with Crippen molar-refractivity contribution in [2.75, 3.05) is 13.2 Å². The van der Waals surface area contributed by atoms with Crippen molar-refractivity contribution in [2.45, 2.75) is 33.1 Å². The van der Waals surface area contributed by atoms with E-state index >= 15 is 0 Å². The Bertz CT molecular complexity index is 1170. The first kappa shape index (κ1) is 20.3. The van der Waals surface area contributed by atoms with Crippen molar-refractivity contribution in [3.8, 4) is 0 Å². The van der Waals surface area contributed by atoms with Crippen molar-refractivity contribution in [1.29, 1.82) is 0 Å². The molecule has 0 radical (unpaired) electrons. The summed E-state index contributed by atoms with van der Waals surface area (Å²) < 4.78 is 12.5. The number of ether oxygens (including phenoxy) is 2. The number of allylic oxidation sites excluding steroid dienone is 1. The number of carbonyl (C=O) groups excluding carboxylic acids is 1. The molecule has 2 heterocycles. The highest BCUT2D eigenvalue weighted by Gasteiger charge is 2.18. The first-order valence-electron chi connectivity index (χ1n) is 10.1. The second-order valence-electron chi connectivity index (χ2n) is 7.69. The number of aryl methyl sites for hydroxylation is 2. The van der Waals surface area contributed by atoms with Gasteiger partial charge in [0, 0.05) is 12.5 Å². The Morgan fingerprint density at radius 2 is 1.60 bits per heavy atom. The van der Waals surface area contributed by atoms with Gasteiger partial charge in [0.2, 0.25) is 0 Å². The fourth-order valence-electron chi connectivity index (χ4n) is 3.73. The molecule has 0 atom stereocenters. The summed E-state index contributed by atoms with van der Waals surface area (Å²) in [5.74, 6) is 0.202. The molecule has 5 rings (SSSR count). The van der Waals surface area contributed by atoms with Crippen molar-refractivity contribution in [3.05, 3.63) is 87.2 Å². The standard InChI is InChI=1S/C14H15NO3.C11H10O/c1-10-2-3-11-4-5-13(16)15(12(11)8-10)9-14-17-6-7-18-14;1-8-2-3-9-4-5-11(12)7-10(9)6-8/h2-5,8,14H,6-7,9H2,1H3;2-6H,7H2,1H3. The molecule has 1 aliphatic carbocycles. The lowest BCUT2D eigenvalue weighted by Crippen LogP contribution is -2.26. The van der Waals surface area contributed by atoms with Gasteiger partial charge >= 0.3 is 0 Å². The number of fused-ring (bicyclic) bond motifs is 2. The predicted molar refractivity (Wildman–Crippen MR) is 118 cm³/mol. The molecule has 0 saturated carbocycles. The molecule has 0 bridgehead atoms. The molecule has 1 saturated heterocycles. The van der Waals surface area contributed by atoms with E-state index < -0.39 is 0 Å². The summed E-state index contributed by atoms with van der Waals surface area (Å²) in [7, 11) is 0. The maximum atomic E-state index is 12.0. The van der Waals surface area contributed by atoms with Gasteiger partial charge in [-0.2, -0.15) is 0 Å². The number of ketones is 1. The molecule has 5 heteroatoms. The van der Waals surface area contributed by atoms with Crippen LogP contribution in [-0.4, -0.2) is 29.9 Å². The Kier molecular flexibility index (Phi) is 5.93. The number of hydrogen-bond donors (Lipinski definition) is 0. The van der Waals surface area contributed by atoms with Gasteiger partial charge in [-0.3, -0.25) is 9.59 Å². The predicted octanol–water partition coefficient (Wildman–Crippen LogP) is 3.82. The molecule has 2 aromatic carbocycles. The van der Waals surface area contributed by atoms with Crippen molar-refractivity contribution in [2.24, 2.45) is 0 Å². The molecular formula is C25H25NO4. The van der Waals surface area contributed by atoms with Crippen LogP contribution in [0.4, 0.5) is 0 Å². The van der Waals surface area contributed by atoms with E-state index in [4.69, 9.17) is 9.47 Å². The lowest BCUT2D eigenvalue weighted by atomic mass is 9.95. The van der Waals surface area contributed by atoms with Crippen molar-refractivity contribution in [1.82, 2.24) is 4.57 Å². The lowest BCUT2D eigenvalue weighted by molar-refractivity contribution is -0.114. The maximum absolute atomic E-state index is 12.0. The third kappa shape index (κ3) is 4.58. The SMILES string of the molecule is Cc1ccc2c(c1)CC(=O)C=C2.Cc1ccc2ccc(=O)n(CC3OCCO3)c2c1. The van der Waals surface area contributed by atoms with Crippen LogP contribution in [0.5, 0.6) is 0 Å². The number of rotatable bonds is 2. The zero-order chi connectivity index (χ0) is 21.1. The van der Waals surface area contributed by atoms with E-state index in [1.165, 1.54) is 11.1 Å².